The van der Waals surface area contributed by atoms with Gasteiger partial charge < -0.3 is 9.64 Å². The van der Waals surface area contributed by atoms with Crippen LogP contribution in [0.5, 0.6) is 5.75 Å². The number of rotatable bonds is 4. The van der Waals surface area contributed by atoms with Crippen LogP contribution in [-0.4, -0.2) is 34.9 Å². The van der Waals surface area contributed by atoms with Crippen LogP contribution in [0.2, 0.25) is 0 Å². The summed E-state index contributed by atoms with van der Waals surface area (Å²) >= 11 is 0. The molecule has 1 atom stereocenters. The maximum Gasteiger partial charge on any atom is 0.310 e. The second-order valence-electron chi connectivity index (χ2n) is 5.22. The smallest absolute Gasteiger partial charge is 0.310 e. The number of nitro groups is 1. The first-order chi connectivity index (χ1) is 10.1. The quantitative estimate of drug-likeness (QED) is 0.632. The molecule has 1 aromatic rings. The van der Waals surface area contributed by atoms with Crippen molar-refractivity contribution in [2.24, 2.45) is 0 Å². The van der Waals surface area contributed by atoms with Crippen LogP contribution >= 0.6 is 0 Å². The first-order valence-electron chi connectivity index (χ1n) is 7.28. The van der Waals surface area contributed by atoms with Crippen LogP contribution in [0.15, 0.2) is 24.3 Å². The Morgan fingerprint density at radius 3 is 2.48 bits per heavy atom. The number of hydrogen-bond donors (Lipinski definition) is 0. The van der Waals surface area contributed by atoms with Crippen LogP contribution in [0, 0.1) is 10.1 Å². The van der Waals surface area contributed by atoms with E-state index in [2.05, 4.69) is 0 Å². The summed E-state index contributed by atoms with van der Waals surface area (Å²) in [6.07, 6.45) is 3.57. The Labute approximate surface area is 123 Å². The molecule has 0 saturated carbocycles. The Bertz CT molecular complexity index is 510. The molecule has 0 N–H and O–H groups in total. The van der Waals surface area contributed by atoms with Crippen LogP contribution in [0.25, 0.3) is 0 Å². The van der Waals surface area contributed by atoms with Gasteiger partial charge in [-0.2, -0.15) is 0 Å². The summed E-state index contributed by atoms with van der Waals surface area (Å²) in [4.78, 5) is 24.6. The Hall–Kier alpha value is -2.11. The Kier molecular flexibility index (Phi) is 5.14. The molecule has 114 valence electrons. The lowest BCUT2D eigenvalue weighted by molar-refractivity contribution is -0.386. The van der Waals surface area contributed by atoms with Crippen molar-refractivity contribution < 1.29 is 14.5 Å². The SMILES string of the molecule is C[C@@H](Oc1ccccc1[N+](=O)[O-])C(=O)N1CCCCCC1. The van der Waals surface area contributed by atoms with Gasteiger partial charge in [-0.25, -0.2) is 0 Å². The lowest BCUT2D eigenvalue weighted by Gasteiger charge is -2.24. The lowest BCUT2D eigenvalue weighted by Crippen LogP contribution is -2.41. The number of para-hydroxylation sites is 2. The summed E-state index contributed by atoms with van der Waals surface area (Å²) in [6.45, 7) is 3.12. The number of benzene rings is 1. The fourth-order valence-electron chi connectivity index (χ4n) is 2.50. The zero-order valence-electron chi connectivity index (χ0n) is 12.2. The van der Waals surface area contributed by atoms with Crippen LogP contribution in [0.3, 0.4) is 0 Å². The van der Waals surface area contributed by atoms with Gasteiger partial charge in [0.05, 0.1) is 4.92 Å². The van der Waals surface area contributed by atoms with E-state index in [1.807, 2.05) is 0 Å². The van der Waals surface area contributed by atoms with Crippen molar-refractivity contribution in [2.75, 3.05) is 13.1 Å². The third-order valence-electron chi connectivity index (χ3n) is 3.63. The monoisotopic (exact) mass is 292 g/mol. The molecule has 0 unspecified atom stereocenters. The molecule has 1 saturated heterocycles. The molecule has 6 heteroatoms. The third-order valence-corrected chi connectivity index (χ3v) is 3.63. The Morgan fingerprint density at radius 2 is 1.86 bits per heavy atom. The number of nitro benzene ring substituents is 1. The average Bonchev–Trinajstić information content (AvgIpc) is 2.75. The molecule has 0 radical (unpaired) electrons. The highest BCUT2D eigenvalue weighted by Crippen LogP contribution is 2.27. The van der Waals surface area contributed by atoms with E-state index in [0.29, 0.717) is 0 Å². The molecule has 1 amide bonds. The maximum atomic E-state index is 12.4. The molecule has 0 spiro atoms. The van der Waals surface area contributed by atoms with Crippen molar-refractivity contribution in [3.05, 3.63) is 34.4 Å². The highest BCUT2D eigenvalue weighted by atomic mass is 16.6. The van der Waals surface area contributed by atoms with E-state index in [0.717, 1.165) is 38.8 Å². The van der Waals surface area contributed by atoms with Gasteiger partial charge in [-0.15, -0.1) is 0 Å². The second kappa shape index (κ2) is 7.06. The van der Waals surface area contributed by atoms with Gasteiger partial charge in [-0.05, 0) is 25.8 Å². The number of amides is 1. The molecule has 1 aliphatic heterocycles. The van der Waals surface area contributed by atoms with Crippen molar-refractivity contribution in [3.8, 4) is 5.75 Å². The number of likely N-dealkylation sites (tertiary alicyclic amines) is 1. The van der Waals surface area contributed by atoms with Crippen LogP contribution in [0.1, 0.15) is 32.6 Å². The number of hydrogen-bond acceptors (Lipinski definition) is 4. The van der Waals surface area contributed by atoms with Crippen LogP contribution in [0.4, 0.5) is 5.69 Å². The number of nitrogens with zero attached hydrogens (tertiary/aromatic N) is 2. The normalized spacial score (nSPS) is 16.9. The molecule has 2 rings (SSSR count). The summed E-state index contributed by atoms with van der Waals surface area (Å²) in [5.74, 6) is 0.0354. The van der Waals surface area contributed by atoms with E-state index >= 15 is 0 Å². The summed E-state index contributed by atoms with van der Waals surface area (Å²) in [7, 11) is 0. The van der Waals surface area contributed by atoms with E-state index in [1.165, 1.54) is 12.1 Å². The maximum absolute atomic E-state index is 12.4. The van der Waals surface area contributed by atoms with Crippen molar-refractivity contribution in [3.63, 3.8) is 0 Å². The summed E-state index contributed by atoms with van der Waals surface area (Å²) in [5, 5.41) is 11.0. The highest BCUT2D eigenvalue weighted by Gasteiger charge is 2.25. The minimum atomic E-state index is -0.718. The number of ether oxygens (including phenoxy) is 1. The minimum absolute atomic E-state index is 0.102. The fourth-order valence-corrected chi connectivity index (χ4v) is 2.50. The molecule has 0 bridgehead atoms. The molecule has 1 aromatic carbocycles. The van der Waals surface area contributed by atoms with E-state index in [9.17, 15) is 14.9 Å². The Morgan fingerprint density at radius 1 is 1.24 bits per heavy atom. The molecular formula is C15H20N2O4. The van der Waals surface area contributed by atoms with E-state index in [4.69, 9.17) is 4.74 Å². The largest absolute Gasteiger partial charge is 0.474 e. The van der Waals surface area contributed by atoms with Crippen molar-refractivity contribution in [1.82, 2.24) is 4.90 Å². The summed E-state index contributed by atoms with van der Waals surface area (Å²) in [5.41, 5.74) is -0.118. The molecule has 0 aliphatic carbocycles. The molecular weight excluding hydrogens is 272 g/mol. The van der Waals surface area contributed by atoms with Crippen molar-refractivity contribution >= 4 is 11.6 Å². The lowest BCUT2D eigenvalue weighted by atomic mass is 10.2. The van der Waals surface area contributed by atoms with E-state index in [1.54, 1.807) is 24.0 Å². The van der Waals surface area contributed by atoms with Crippen LogP contribution < -0.4 is 4.74 Å². The average molecular weight is 292 g/mol. The van der Waals surface area contributed by atoms with Gasteiger partial charge in [-0.3, -0.25) is 14.9 Å². The van der Waals surface area contributed by atoms with Gasteiger partial charge in [0.2, 0.25) is 0 Å². The number of carbonyl (C=O) groups excluding carboxylic acids is 1. The van der Waals surface area contributed by atoms with E-state index < -0.39 is 11.0 Å². The molecule has 1 heterocycles. The topological polar surface area (TPSA) is 72.7 Å². The Balaban J connectivity index is 2.05. The predicted octanol–water partition coefficient (Wildman–Crippen LogP) is 2.76. The van der Waals surface area contributed by atoms with Gasteiger partial charge in [0, 0.05) is 19.2 Å². The summed E-state index contributed by atoms with van der Waals surface area (Å²) < 4.78 is 5.53. The van der Waals surface area contributed by atoms with Gasteiger partial charge in [0.15, 0.2) is 11.9 Å². The number of carbonyl (C=O) groups is 1. The molecule has 0 aromatic heterocycles. The first kappa shape index (κ1) is 15.3. The molecule has 6 nitrogen and oxygen atoms in total. The third kappa shape index (κ3) is 3.93. The minimum Gasteiger partial charge on any atom is -0.474 e. The first-order valence-corrected chi connectivity index (χ1v) is 7.28. The zero-order chi connectivity index (χ0) is 15.2. The highest BCUT2D eigenvalue weighted by molar-refractivity contribution is 5.81. The molecule has 1 aliphatic rings. The summed E-state index contributed by atoms with van der Waals surface area (Å²) in [6, 6.07) is 6.13. The fraction of sp³-hybridized carbons (Fsp3) is 0.533. The molecule has 1 fully saturated rings. The predicted molar refractivity (Wildman–Crippen MR) is 78.2 cm³/mol. The molecule has 21 heavy (non-hydrogen) atoms. The second-order valence-corrected chi connectivity index (χ2v) is 5.22. The van der Waals surface area contributed by atoms with Crippen molar-refractivity contribution in [2.45, 2.75) is 38.7 Å². The van der Waals surface area contributed by atoms with Gasteiger partial charge in [0.25, 0.3) is 5.91 Å². The van der Waals surface area contributed by atoms with Crippen LogP contribution in [-0.2, 0) is 4.79 Å². The van der Waals surface area contributed by atoms with E-state index in [-0.39, 0.29) is 17.3 Å². The zero-order valence-corrected chi connectivity index (χ0v) is 12.2. The van der Waals surface area contributed by atoms with Gasteiger partial charge in [-0.1, -0.05) is 25.0 Å². The standard InChI is InChI=1S/C15H20N2O4/c1-12(15(18)16-10-6-2-3-7-11-16)21-14-9-5-4-8-13(14)17(19)20/h4-5,8-9,12H,2-3,6-7,10-11H2,1H3/t12-/m1/s1. The van der Waals surface area contributed by atoms with Gasteiger partial charge in [0.1, 0.15) is 0 Å². The van der Waals surface area contributed by atoms with Gasteiger partial charge >= 0.3 is 5.69 Å². The van der Waals surface area contributed by atoms with Crippen molar-refractivity contribution in [1.29, 1.82) is 0 Å².